The second kappa shape index (κ2) is 4.98. The number of hydrogen-bond acceptors (Lipinski definition) is 2. The second-order valence-electron chi connectivity index (χ2n) is 5.04. The van der Waals surface area contributed by atoms with Crippen LogP contribution in [0.15, 0.2) is 30.3 Å². The van der Waals surface area contributed by atoms with Crippen molar-refractivity contribution in [3.05, 3.63) is 35.9 Å². The molecule has 18 heavy (non-hydrogen) atoms. The zero-order valence-electron chi connectivity index (χ0n) is 10.3. The van der Waals surface area contributed by atoms with Crippen LogP contribution >= 0.6 is 0 Å². The normalized spacial score (nSPS) is 29.9. The Hall–Kier alpha value is -1.55. The van der Waals surface area contributed by atoms with E-state index in [2.05, 4.69) is 22.8 Å². The van der Waals surface area contributed by atoms with E-state index in [-0.39, 0.29) is 18.1 Å². The Bertz CT molecular complexity index is 415. The van der Waals surface area contributed by atoms with Crippen LogP contribution in [0.25, 0.3) is 0 Å². The molecule has 1 saturated carbocycles. The number of amides is 2. The van der Waals surface area contributed by atoms with Crippen molar-refractivity contribution in [3.63, 3.8) is 0 Å². The van der Waals surface area contributed by atoms with Gasteiger partial charge in [-0.2, -0.15) is 0 Å². The fourth-order valence-electron chi connectivity index (χ4n) is 2.47. The summed E-state index contributed by atoms with van der Waals surface area (Å²) in [6, 6.07) is 10.7. The average Bonchev–Trinajstić information content (AvgIpc) is 2.95. The molecule has 2 aliphatic rings. The molecule has 1 aliphatic carbocycles. The maximum atomic E-state index is 11.7. The monoisotopic (exact) mass is 246 g/mol. The van der Waals surface area contributed by atoms with Crippen molar-refractivity contribution in [1.82, 2.24) is 10.6 Å². The second-order valence-corrected chi connectivity index (χ2v) is 5.04. The first kappa shape index (κ1) is 11.5. The molecule has 2 N–H and O–H groups in total. The Balaban J connectivity index is 1.46. The van der Waals surface area contributed by atoms with Gasteiger partial charge >= 0.3 is 6.03 Å². The van der Waals surface area contributed by atoms with E-state index < -0.39 is 0 Å². The Labute approximate surface area is 107 Å². The molecule has 2 amide bonds. The minimum absolute atomic E-state index is 0.0612. The molecule has 2 fully saturated rings. The molecular formula is C14H18N2O2. The lowest BCUT2D eigenvalue weighted by Gasteiger charge is -2.11. The van der Waals surface area contributed by atoms with Gasteiger partial charge < -0.3 is 15.4 Å². The van der Waals surface area contributed by atoms with Gasteiger partial charge in [0.2, 0.25) is 0 Å². The van der Waals surface area contributed by atoms with Crippen molar-refractivity contribution in [2.45, 2.75) is 30.8 Å². The Morgan fingerprint density at radius 3 is 2.78 bits per heavy atom. The van der Waals surface area contributed by atoms with Crippen LogP contribution in [0.4, 0.5) is 4.79 Å². The zero-order chi connectivity index (χ0) is 12.4. The summed E-state index contributed by atoms with van der Waals surface area (Å²) >= 11 is 0. The average molecular weight is 246 g/mol. The van der Waals surface area contributed by atoms with Crippen LogP contribution in [-0.4, -0.2) is 31.3 Å². The van der Waals surface area contributed by atoms with Crippen molar-refractivity contribution < 1.29 is 9.53 Å². The predicted octanol–water partition coefficient (Wildman–Crippen LogP) is 1.63. The van der Waals surface area contributed by atoms with E-state index in [1.807, 2.05) is 18.2 Å². The molecule has 3 rings (SSSR count). The van der Waals surface area contributed by atoms with Crippen LogP contribution in [0.2, 0.25) is 0 Å². The highest BCUT2D eigenvalue weighted by molar-refractivity contribution is 5.75. The topological polar surface area (TPSA) is 50.4 Å². The van der Waals surface area contributed by atoms with Gasteiger partial charge in [-0.15, -0.1) is 0 Å². The highest BCUT2D eigenvalue weighted by Gasteiger charge is 2.39. The van der Waals surface area contributed by atoms with Crippen molar-refractivity contribution in [3.8, 4) is 0 Å². The third-order valence-electron chi connectivity index (χ3n) is 3.60. The summed E-state index contributed by atoms with van der Waals surface area (Å²) < 4.78 is 5.23. The van der Waals surface area contributed by atoms with Crippen LogP contribution in [0.3, 0.4) is 0 Å². The van der Waals surface area contributed by atoms with Gasteiger partial charge in [0, 0.05) is 18.6 Å². The summed E-state index contributed by atoms with van der Waals surface area (Å²) in [5.74, 6) is 0.483. The largest absolute Gasteiger partial charge is 0.379 e. The molecule has 1 aromatic rings. The van der Waals surface area contributed by atoms with Crippen LogP contribution in [0.1, 0.15) is 24.3 Å². The summed E-state index contributed by atoms with van der Waals surface area (Å²) in [6.07, 6.45) is 1.96. The lowest BCUT2D eigenvalue weighted by atomic mass is 10.1. The SMILES string of the molecule is O=C(NC1CCOC1)NC1CC1c1ccccc1. The van der Waals surface area contributed by atoms with E-state index in [1.165, 1.54) is 5.56 Å². The summed E-state index contributed by atoms with van der Waals surface area (Å²) in [7, 11) is 0. The van der Waals surface area contributed by atoms with E-state index in [0.717, 1.165) is 19.4 Å². The van der Waals surface area contributed by atoms with Gasteiger partial charge in [0.1, 0.15) is 0 Å². The molecule has 1 aromatic carbocycles. The van der Waals surface area contributed by atoms with E-state index in [0.29, 0.717) is 12.5 Å². The van der Waals surface area contributed by atoms with Gasteiger partial charge in [-0.3, -0.25) is 0 Å². The fraction of sp³-hybridized carbons (Fsp3) is 0.500. The van der Waals surface area contributed by atoms with Crippen LogP contribution in [-0.2, 0) is 4.74 Å². The van der Waals surface area contributed by atoms with E-state index in [4.69, 9.17) is 4.74 Å². The number of urea groups is 1. The smallest absolute Gasteiger partial charge is 0.315 e. The maximum Gasteiger partial charge on any atom is 0.315 e. The van der Waals surface area contributed by atoms with E-state index in [1.54, 1.807) is 0 Å². The summed E-state index contributed by atoms with van der Waals surface area (Å²) in [4.78, 5) is 11.7. The number of carbonyl (C=O) groups excluding carboxylic acids is 1. The molecule has 1 heterocycles. The first-order valence-corrected chi connectivity index (χ1v) is 6.52. The molecule has 4 nitrogen and oxygen atoms in total. The number of rotatable bonds is 3. The quantitative estimate of drug-likeness (QED) is 0.851. The maximum absolute atomic E-state index is 11.7. The number of hydrogen-bond donors (Lipinski definition) is 2. The van der Waals surface area contributed by atoms with Gasteiger partial charge in [-0.1, -0.05) is 30.3 Å². The summed E-state index contributed by atoms with van der Waals surface area (Å²) in [5.41, 5.74) is 1.31. The zero-order valence-corrected chi connectivity index (χ0v) is 10.3. The van der Waals surface area contributed by atoms with Gasteiger partial charge in [-0.25, -0.2) is 4.79 Å². The molecule has 1 saturated heterocycles. The predicted molar refractivity (Wildman–Crippen MR) is 68.5 cm³/mol. The molecule has 0 aromatic heterocycles. The van der Waals surface area contributed by atoms with Crippen LogP contribution in [0, 0.1) is 0 Å². The minimum atomic E-state index is -0.0612. The number of benzene rings is 1. The Morgan fingerprint density at radius 1 is 1.22 bits per heavy atom. The summed E-state index contributed by atoms with van der Waals surface area (Å²) in [5, 5.41) is 5.97. The lowest BCUT2D eigenvalue weighted by Crippen LogP contribution is -2.43. The highest BCUT2D eigenvalue weighted by atomic mass is 16.5. The molecule has 0 spiro atoms. The number of carbonyl (C=O) groups is 1. The van der Waals surface area contributed by atoms with Crippen molar-refractivity contribution in [2.75, 3.05) is 13.2 Å². The fourth-order valence-corrected chi connectivity index (χ4v) is 2.47. The van der Waals surface area contributed by atoms with Gasteiger partial charge in [0.25, 0.3) is 0 Å². The van der Waals surface area contributed by atoms with Gasteiger partial charge in [0.15, 0.2) is 0 Å². The molecule has 3 atom stereocenters. The van der Waals surface area contributed by atoms with Crippen molar-refractivity contribution in [1.29, 1.82) is 0 Å². The van der Waals surface area contributed by atoms with Crippen LogP contribution in [0.5, 0.6) is 0 Å². The molecule has 96 valence electrons. The first-order chi connectivity index (χ1) is 8.83. The number of nitrogens with one attached hydrogen (secondary N) is 2. The molecule has 0 bridgehead atoms. The third kappa shape index (κ3) is 2.64. The van der Waals surface area contributed by atoms with Gasteiger partial charge in [-0.05, 0) is 18.4 Å². The van der Waals surface area contributed by atoms with Crippen molar-refractivity contribution in [2.24, 2.45) is 0 Å². The standard InChI is InChI=1S/C14H18N2O2/c17-14(15-11-6-7-18-9-11)16-13-8-12(13)10-4-2-1-3-5-10/h1-5,11-13H,6-9H2,(H2,15,16,17). The lowest BCUT2D eigenvalue weighted by molar-refractivity contribution is 0.188. The Morgan fingerprint density at radius 2 is 2.06 bits per heavy atom. The van der Waals surface area contributed by atoms with E-state index in [9.17, 15) is 4.79 Å². The van der Waals surface area contributed by atoms with Crippen LogP contribution < -0.4 is 10.6 Å². The summed E-state index contributed by atoms with van der Waals surface area (Å²) in [6.45, 7) is 1.39. The minimum Gasteiger partial charge on any atom is -0.379 e. The molecular weight excluding hydrogens is 228 g/mol. The van der Waals surface area contributed by atoms with E-state index >= 15 is 0 Å². The first-order valence-electron chi connectivity index (χ1n) is 6.52. The highest BCUT2D eigenvalue weighted by Crippen LogP contribution is 2.40. The van der Waals surface area contributed by atoms with Crippen molar-refractivity contribution >= 4 is 6.03 Å². The molecule has 0 radical (unpaired) electrons. The third-order valence-corrected chi connectivity index (χ3v) is 3.60. The Kier molecular flexibility index (Phi) is 3.19. The molecule has 4 heteroatoms. The molecule has 1 aliphatic heterocycles. The molecule has 3 unspecified atom stereocenters. The number of ether oxygens (including phenoxy) is 1. The van der Waals surface area contributed by atoms with Gasteiger partial charge in [0.05, 0.1) is 12.6 Å².